The maximum atomic E-state index is 12.5. The second-order valence-corrected chi connectivity index (χ2v) is 8.80. The van der Waals surface area contributed by atoms with E-state index in [1.807, 2.05) is 19.1 Å². The summed E-state index contributed by atoms with van der Waals surface area (Å²) in [6.45, 7) is 3.44. The largest absolute Gasteiger partial charge is 0.339 e. The number of anilines is 1. The number of hydrogen-bond acceptors (Lipinski definition) is 4. The molecule has 3 rings (SSSR count). The van der Waals surface area contributed by atoms with Crippen molar-refractivity contribution in [2.24, 2.45) is 0 Å². The van der Waals surface area contributed by atoms with Crippen LogP contribution >= 0.6 is 11.3 Å². The number of benzene rings is 1. The van der Waals surface area contributed by atoms with Gasteiger partial charge in [0.05, 0.1) is 5.56 Å². The van der Waals surface area contributed by atoms with Crippen molar-refractivity contribution < 1.29 is 13.2 Å². The van der Waals surface area contributed by atoms with E-state index in [9.17, 15) is 13.2 Å². The van der Waals surface area contributed by atoms with Gasteiger partial charge in [-0.25, -0.2) is 8.42 Å². The van der Waals surface area contributed by atoms with Crippen LogP contribution in [0.15, 0.2) is 39.9 Å². The maximum absolute atomic E-state index is 12.5. The fraction of sp³-hybridized carbons (Fsp3) is 0.353. The normalized spacial score (nSPS) is 15.3. The van der Waals surface area contributed by atoms with Gasteiger partial charge in [-0.05, 0) is 44.4 Å². The number of thiophene rings is 1. The highest BCUT2D eigenvalue weighted by Crippen LogP contribution is 2.25. The minimum absolute atomic E-state index is 0.0808. The Hall–Kier alpha value is -1.86. The topological polar surface area (TPSA) is 66.5 Å². The van der Waals surface area contributed by atoms with Gasteiger partial charge in [-0.3, -0.25) is 9.52 Å². The Bertz CT molecular complexity index is 820. The maximum Gasteiger partial charge on any atom is 0.271 e. The van der Waals surface area contributed by atoms with Gasteiger partial charge in [0.25, 0.3) is 15.9 Å². The lowest BCUT2D eigenvalue weighted by molar-refractivity contribution is 0.0725. The van der Waals surface area contributed by atoms with Crippen LogP contribution in [0.25, 0.3) is 0 Å². The molecule has 0 atom stereocenters. The molecule has 5 nitrogen and oxygen atoms in total. The number of hydrogen-bond donors (Lipinski definition) is 1. The Balaban J connectivity index is 1.76. The van der Waals surface area contributed by atoms with Crippen molar-refractivity contribution in [3.05, 3.63) is 46.8 Å². The Morgan fingerprint density at radius 1 is 1.12 bits per heavy atom. The van der Waals surface area contributed by atoms with Gasteiger partial charge in [0.15, 0.2) is 0 Å². The van der Waals surface area contributed by atoms with E-state index in [1.54, 1.807) is 22.4 Å². The number of amides is 1. The van der Waals surface area contributed by atoms with Crippen LogP contribution in [-0.2, 0) is 10.0 Å². The van der Waals surface area contributed by atoms with E-state index in [-0.39, 0.29) is 10.1 Å². The van der Waals surface area contributed by atoms with Gasteiger partial charge < -0.3 is 4.90 Å². The predicted molar refractivity (Wildman–Crippen MR) is 96.1 cm³/mol. The van der Waals surface area contributed by atoms with Crippen molar-refractivity contribution in [1.82, 2.24) is 4.90 Å². The highest BCUT2D eigenvalue weighted by molar-refractivity contribution is 7.94. The molecule has 1 N–H and O–H groups in total. The van der Waals surface area contributed by atoms with Crippen molar-refractivity contribution in [2.45, 2.75) is 30.4 Å². The van der Waals surface area contributed by atoms with Crippen molar-refractivity contribution in [3.63, 3.8) is 0 Å². The first-order valence-corrected chi connectivity index (χ1v) is 10.3. The molecule has 1 aliphatic rings. The Labute approximate surface area is 146 Å². The van der Waals surface area contributed by atoms with Crippen LogP contribution < -0.4 is 4.72 Å². The summed E-state index contributed by atoms with van der Waals surface area (Å²) in [4.78, 5) is 14.3. The van der Waals surface area contributed by atoms with Crippen LogP contribution in [0.5, 0.6) is 0 Å². The lowest BCUT2D eigenvalue weighted by Crippen LogP contribution is -2.35. The number of nitrogens with zero attached hydrogens (tertiary/aromatic N) is 1. The molecule has 2 heterocycles. The van der Waals surface area contributed by atoms with Gasteiger partial charge in [0, 0.05) is 24.2 Å². The minimum Gasteiger partial charge on any atom is -0.339 e. The first kappa shape index (κ1) is 17.0. The van der Waals surface area contributed by atoms with E-state index >= 15 is 0 Å². The first-order valence-electron chi connectivity index (χ1n) is 7.93. The van der Waals surface area contributed by atoms with Gasteiger partial charge in [-0.2, -0.15) is 0 Å². The zero-order chi connectivity index (χ0) is 17.2. The highest BCUT2D eigenvalue weighted by Gasteiger charge is 2.23. The van der Waals surface area contributed by atoms with Crippen molar-refractivity contribution in [3.8, 4) is 0 Å². The van der Waals surface area contributed by atoms with Crippen LogP contribution in [0.2, 0.25) is 0 Å². The average Bonchev–Trinajstić information content (AvgIpc) is 3.08. The number of piperidine rings is 1. The number of aryl methyl sites for hydroxylation is 1. The van der Waals surface area contributed by atoms with Gasteiger partial charge in [-0.1, -0.05) is 17.7 Å². The van der Waals surface area contributed by atoms with Gasteiger partial charge in [0.2, 0.25) is 0 Å². The SMILES string of the molecule is Cc1ccc(NS(=O)(=O)c2cc(C(=O)N3CCCCC3)cs2)cc1. The molecule has 1 aromatic carbocycles. The minimum atomic E-state index is -3.67. The molecule has 0 aliphatic carbocycles. The zero-order valence-corrected chi connectivity index (χ0v) is 15.1. The van der Waals surface area contributed by atoms with Gasteiger partial charge in [0.1, 0.15) is 4.21 Å². The fourth-order valence-corrected chi connectivity index (χ4v) is 4.89. The standard InChI is InChI=1S/C17H20N2O3S2/c1-13-5-7-15(8-6-13)18-24(21,22)16-11-14(12-23-16)17(20)19-9-3-2-4-10-19/h5-8,11-12,18H,2-4,9-10H2,1H3. The molecule has 1 fully saturated rings. The summed E-state index contributed by atoms with van der Waals surface area (Å²) in [5.74, 6) is -0.0808. The molecule has 0 bridgehead atoms. The van der Waals surface area contributed by atoms with E-state index in [4.69, 9.17) is 0 Å². The molecule has 7 heteroatoms. The third-order valence-electron chi connectivity index (χ3n) is 4.03. The molecular formula is C17H20N2O3S2. The van der Waals surface area contributed by atoms with E-state index in [0.29, 0.717) is 11.3 Å². The number of rotatable bonds is 4. The van der Waals surface area contributed by atoms with E-state index in [1.165, 1.54) is 6.07 Å². The van der Waals surface area contributed by atoms with Crippen LogP contribution in [0.1, 0.15) is 35.2 Å². The van der Waals surface area contributed by atoms with Gasteiger partial charge in [-0.15, -0.1) is 11.3 Å². The van der Waals surface area contributed by atoms with E-state index < -0.39 is 10.0 Å². The van der Waals surface area contributed by atoms with Crippen LogP contribution in [0.3, 0.4) is 0 Å². The van der Waals surface area contributed by atoms with Gasteiger partial charge >= 0.3 is 0 Å². The summed E-state index contributed by atoms with van der Waals surface area (Å²) in [5, 5.41) is 1.63. The number of carbonyl (C=O) groups is 1. The third-order valence-corrected chi connectivity index (χ3v) is 6.86. The second-order valence-electron chi connectivity index (χ2n) is 5.98. The molecular weight excluding hydrogens is 344 g/mol. The summed E-state index contributed by atoms with van der Waals surface area (Å²) in [5.41, 5.74) is 2.02. The summed E-state index contributed by atoms with van der Waals surface area (Å²) in [6, 6.07) is 8.61. The molecule has 0 spiro atoms. The molecule has 1 aliphatic heterocycles. The molecule has 0 unspecified atom stereocenters. The van der Waals surface area contributed by atoms with E-state index in [2.05, 4.69) is 4.72 Å². The van der Waals surface area contributed by atoms with Crippen molar-refractivity contribution in [2.75, 3.05) is 17.8 Å². The molecule has 24 heavy (non-hydrogen) atoms. The van der Waals surface area contributed by atoms with Crippen LogP contribution in [0, 0.1) is 6.92 Å². The zero-order valence-electron chi connectivity index (χ0n) is 13.5. The monoisotopic (exact) mass is 364 g/mol. The van der Waals surface area contributed by atoms with Crippen LogP contribution in [-0.4, -0.2) is 32.3 Å². The summed E-state index contributed by atoms with van der Waals surface area (Å²) in [7, 11) is -3.67. The summed E-state index contributed by atoms with van der Waals surface area (Å²) in [6.07, 6.45) is 3.17. The smallest absolute Gasteiger partial charge is 0.271 e. The van der Waals surface area contributed by atoms with Crippen molar-refractivity contribution >= 4 is 33.0 Å². The molecule has 1 saturated heterocycles. The quantitative estimate of drug-likeness (QED) is 0.903. The molecule has 0 saturated carbocycles. The number of sulfonamides is 1. The lowest BCUT2D eigenvalue weighted by atomic mass is 10.1. The first-order chi connectivity index (χ1) is 11.5. The Kier molecular flexibility index (Phi) is 4.91. The molecule has 1 aromatic heterocycles. The number of carbonyl (C=O) groups excluding carboxylic acids is 1. The third kappa shape index (κ3) is 3.79. The summed E-state index contributed by atoms with van der Waals surface area (Å²) >= 11 is 1.07. The summed E-state index contributed by atoms with van der Waals surface area (Å²) < 4.78 is 27.7. The molecule has 2 aromatic rings. The molecule has 1 amide bonds. The molecule has 0 radical (unpaired) electrons. The predicted octanol–water partition coefficient (Wildman–Crippen LogP) is 3.48. The van der Waals surface area contributed by atoms with Crippen LogP contribution in [0.4, 0.5) is 5.69 Å². The second kappa shape index (κ2) is 6.94. The van der Waals surface area contributed by atoms with E-state index in [0.717, 1.165) is 49.3 Å². The Morgan fingerprint density at radius 2 is 1.79 bits per heavy atom. The fourth-order valence-electron chi connectivity index (χ4n) is 2.68. The molecule has 128 valence electrons. The number of likely N-dealkylation sites (tertiary alicyclic amines) is 1. The lowest BCUT2D eigenvalue weighted by Gasteiger charge is -2.26. The van der Waals surface area contributed by atoms with Crippen molar-refractivity contribution in [1.29, 1.82) is 0 Å². The Morgan fingerprint density at radius 3 is 2.46 bits per heavy atom. The highest BCUT2D eigenvalue weighted by atomic mass is 32.2. The average molecular weight is 364 g/mol. The number of nitrogens with one attached hydrogen (secondary N) is 1.